The van der Waals surface area contributed by atoms with Gasteiger partial charge in [-0.15, -0.1) is 0 Å². The summed E-state index contributed by atoms with van der Waals surface area (Å²) in [5, 5.41) is 16.5. The number of nitrogens with zero attached hydrogens (tertiary/aromatic N) is 4. The van der Waals surface area contributed by atoms with Crippen molar-refractivity contribution in [3.8, 4) is 0 Å². The van der Waals surface area contributed by atoms with Crippen LogP contribution in [0.5, 0.6) is 0 Å². The normalized spacial score (nSPS) is 11.8. The maximum absolute atomic E-state index is 8.66. The number of aromatic nitrogens is 3. The van der Waals surface area contributed by atoms with Gasteiger partial charge >= 0.3 is 0 Å². The molecule has 94 valence electrons. The van der Waals surface area contributed by atoms with Gasteiger partial charge in [0, 0.05) is 17.5 Å². The van der Waals surface area contributed by atoms with E-state index in [1.165, 1.54) is 18.1 Å². The standard InChI is InChI=1S/C11H13N5OS/c1-7-5-8(3-4-9(7)10(12)15-17)18-11-13-6-14-16(11)2/h3-6,17H,1-2H3,(H2,12,15). The average Bonchev–Trinajstić information content (AvgIpc) is 2.74. The Morgan fingerprint density at radius 3 is 2.83 bits per heavy atom. The van der Waals surface area contributed by atoms with Crippen LogP contribution in [0.15, 0.2) is 39.7 Å². The number of nitrogens with two attached hydrogens (primary N) is 1. The quantitative estimate of drug-likeness (QED) is 0.378. The largest absolute Gasteiger partial charge is 0.409 e. The summed E-state index contributed by atoms with van der Waals surface area (Å²) < 4.78 is 1.71. The number of aryl methyl sites for hydroxylation is 2. The van der Waals surface area contributed by atoms with Crippen LogP contribution in [-0.2, 0) is 7.05 Å². The molecule has 0 aliphatic heterocycles. The first kappa shape index (κ1) is 12.4. The first-order valence-electron chi connectivity index (χ1n) is 5.22. The fourth-order valence-electron chi connectivity index (χ4n) is 1.52. The first-order chi connectivity index (χ1) is 8.61. The molecule has 1 aromatic heterocycles. The van der Waals surface area contributed by atoms with Gasteiger partial charge in [0.05, 0.1) is 0 Å². The minimum absolute atomic E-state index is 0.114. The molecule has 0 spiro atoms. The molecule has 0 unspecified atom stereocenters. The number of hydrogen-bond donors (Lipinski definition) is 2. The van der Waals surface area contributed by atoms with Gasteiger partial charge in [0.15, 0.2) is 11.0 Å². The van der Waals surface area contributed by atoms with E-state index >= 15 is 0 Å². The summed E-state index contributed by atoms with van der Waals surface area (Å²) in [7, 11) is 1.84. The lowest BCUT2D eigenvalue weighted by Gasteiger charge is -2.06. The summed E-state index contributed by atoms with van der Waals surface area (Å²) in [6.45, 7) is 1.91. The third kappa shape index (κ3) is 2.45. The van der Waals surface area contributed by atoms with Crippen molar-refractivity contribution in [3.05, 3.63) is 35.7 Å². The number of rotatable bonds is 3. The molecule has 0 aliphatic carbocycles. The third-order valence-corrected chi connectivity index (χ3v) is 3.50. The molecule has 1 heterocycles. The van der Waals surface area contributed by atoms with Gasteiger partial charge in [-0.05, 0) is 30.7 Å². The fraction of sp³-hybridized carbons (Fsp3) is 0.182. The van der Waals surface area contributed by atoms with Crippen molar-refractivity contribution in [2.24, 2.45) is 17.9 Å². The Morgan fingerprint density at radius 2 is 2.28 bits per heavy atom. The lowest BCUT2D eigenvalue weighted by molar-refractivity contribution is 0.318. The summed E-state index contributed by atoms with van der Waals surface area (Å²) in [5.41, 5.74) is 7.24. The highest BCUT2D eigenvalue weighted by Crippen LogP contribution is 2.26. The van der Waals surface area contributed by atoms with E-state index < -0.39 is 0 Å². The molecule has 0 amide bonds. The fourth-order valence-corrected chi connectivity index (χ4v) is 2.39. The van der Waals surface area contributed by atoms with Crippen molar-refractivity contribution in [3.63, 3.8) is 0 Å². The van der Waals surface area contributed by atoms with E-state index in [0.29, 0.717) is 0 Å². The number of benzene rings is 1. The second-order valence-electron chi connectivity index (χ2n) is 3.73. The van der Waals surface area contributed by atoms with Crippen LogP contribution in [0.4, 0.5) is 0 Å². The van der Waals surface area contributed by atoms with E-state index in [1.54, 1.807) is 4.68 Å². The molecule has 0 saturated carbocycles. The lowest BCUT2D eigenvalue weighted by Crippen LogP contribution is -2.14. The van der Waals surface area contributed by atoms with Gasteiger partial charge < -0.3 is 10.9 Å². The molecule has 6 nitrogen and oxygen atoms in total. The van der Waals surface area contributed by atoms with Gasteiger partial charge in [-0.1, -0.05) is 16.9 Å². The maximum atomic E-state index is 8.66. The van der Waals surface area contributed by atoms with E-state index in [9.17, 15) is 0 Å². The van der Waals surface area contributed by atoms with Crippen LogP contribution in [0.1, 0.15) is 11.1 Å². The van der Waals surface area contributed by atoms with Gasteiger partial charge in [-0.25, -0.2) is 9.67 Å². The summed E-state index contributed by atoms with van der Waals surface area (Å²) >= 11 is 1.51. The number of hydrogen-bond acceptors (Lipinski definition) is 5. The van der Waals surface area contributed by atoms with Crippen molar-refractivity contribution in [1.29, 1.82) is 0 Å². The Bertz CT molecular complexity index is 593. The zero-order valence-electron chi connectivity index (χ0n) is 10.0. The molecule has 18 heavy (non-hydrogen) atoms. The number of amidine groups is 1. The maximum Gasteiger partial charge on any atom is 0.190 e. The van der Waals surface area contributed by atoms with Crippen molar-refractivity contribution in [1.82, 2.24) is 14.8 Å². The highest BCUT2D eigenvalue weighted by atomic mass is 32.2. The summed E-state index contributed by atoms with van der Waals surface area (Å²) in [4.78, 5) is 5.17. The molecule has 7 heteroatoms. The van der Waals surface area contributed by atoms with Crippen molar-refractivity contribution in [2.45, 2.75) is 17.0 Å². The van der Waals surface area contributed by atoms with Crippen molar-refractivity contribution >= 4 is 17.6 Å². The molecule has 0 aliphatic rings. The molecular formula is C11H13N5OS. The summed E-state index contributed by atoms with van der Waals surface area (Å²) in [6, 6.07) is 5.69. The predicted octanol–water partition coefficient (Wildman–Crippen LogP) is 1.37. The van der Waals surface area contributed by atoms with E-state index in [0.717, 1.165) is 21.2 Å². The molecular weight excluding hydrogens is 250 g/mol. The second kappa shape index (κ2) is 5.09. The van der Waals surface area contributed by atoms with Crippen molar-refractivity contribution < 1.29 is 5.21 Å². The molecule has 0 atom stereocenters. The molecule has 3 N–H and O–H groups in total. The molecule has 0 fully saturated rings. The second-order valence-corrected chi connectivity index (χ2v) is 4.77. The molecule has 0 radical (unpaired) electrons. The minimum Gasteiger partial charge on any atom is -0.409 e. The Morgan fingerprint density at radius 1 is 1.50 bits per heavy atom. The highest BCUT2D eigenvalue weighted by Gasteiger charge is 2.07. The Kier molecular flexibility index (Phi) is 3.52. The van der Waals surface area contributed by atoms with Crippen LogP contribution in [0.2, 0.25) is 0 Å². The van der Waals surface area contributed by atoms with Gasteiger partial charge in [-0.3, -0.25) is 0 Å². The Hall–Kier alpha value is -2.02. The summed E-state index contributed by atoms with van der Waals surface area (Å²) in [6.07, 6.45) is 1.51. The van der Waals surface area contributed by atoms with Gasteiger partial charge in [0.2, 0.25) is 0 Å². The summed E-state index contributed by atoms with van der Waals surface area (Å²) in [5.74, 6) is 0.114. The zero-order valence-corrected chi connectivity index (χ0v) is 10.8. The third-order valence-electron chi connectivity index (χ3n) is 2.46. The topological polar surface area (TPSA) is 89.3 Å². The zero-order chi connectivity index (χ0) is 13.1. The highest BCUT2D eigenvalue weighted by molar-refractivity contribution is 7.99. The van der Waals surface area contributed by atoms with E-state index in [4.69, 9.17) is 10.9 Å². The van der Waals surface area contributed by atoms with E-state index in [1.807, 2.05) is 32.2 Å². The van der Waals surface area contributed by atoms with Crippen molar-refractivity contribution in [2.75, 3.05) is 0 Å². The smallest absolute Gasteiger partial charge is 0.190 e. The van der Waals surface area contributed by atoms with Crippen LogP contribution < -0.4 is 5.73 Å². The monoisotopic (exact) mass is 263 g/mol. The van der Waals surface area contributed by atoms with Gasteiger partial charge in [0.25, 0.3) is 0 Å². The number of oxime groups is 1. The van der Waals surface area contributed by atoms with Gasteiger partial charge in [-0.2, -0.15) is 5.10 Å². The van der Waals surface area contributed by atoms with Crippen LogP contribution in [0.25, 0.3) is 0 Å². The first-order valence-corrected chi connectivity index (χ1v) is 6.04. The Labute approximate surface area is 109 Å². The van der Waals surface area contributed by atoms with Crippen LogP contribution in [-0.4, -0.2) is 25.8 Å². The van der Waals surface area contributed by atoms with Crippen LogP contribution in [0.3, 0.4) is 0 Å². The van der Waals surface area contributed by atoms with Crippen LogP contribution in [0, 0.1) is 6.92 Å². The molecule has 0 bridgehead atoms. The van der Waals surface area contributed by atoms with E-state index in [-0.39, 0.29) is 5.84 Å². The predicted molar refractivity (Wildman–Crippen MR) is 68.8 cm³/mol. The lowest BCUT2D eigenvalue weighted by atomic mass is 10.1. The minimum atomic E-state index is 0.114. The van der Waals surface area contributed by atoms with E-state index in [2.05, 4.69) is 15.2 Å². The molecule has 2 aromatic rings. The Balaban J connectivity index is 2.27. The molecule has 1 aromatic carbocycles. The molecule has 0 saturated heterocycles. The SMILES string of the molecule is Cc1cc(Sc2ncnn2C)ccc1/C(N)=N/O. The van der Waals surface area contributed by atoms with Crippen LogP contribution >= 0.6 is 11.8 Å². The van der Waals surface area contributed by atoms with Gasteiger partial charge in [0.1, 0.15) is 6.33 Å². The average molecular weight is 263 g/mol. The molecule has 2 rings (SSSR count).